The SMILES string of the molecule is COCc1nsc(N2CCCCC2CCc2ccccc2)n1. The van der Waals surface area contributed by atoms with Crippen LogP contribution in [0.4, 0.5) is 5.13 Å². The Kier molecular flexibility index (Phi) is 5.40. The van der Waals surface area contributed by atoms with Crippen molar-refractivity contribution in [3.05, 3.63) is 41.7 Å². The smallest absolute Gasteiger partial charge is 0.205 e. The number of hydrogen-bond donors (Lipinski definition) is 0. The molecular weight excluding hydrogens is 294 g/mol. The molecule has 4 nitrogen and oxygen atoms in total. The predicted octanol–water partition coefficient (Wildman–Crippen LogP) is 3.68. The van der Waals surface area contributed by atoms with Gasteiger partial charge in [-0.2, -0.15) is 4.37 Å². The summed E-state index contributed by atoms with van der Waals surface area (Å²) in [7, 11) is 1.68. The standard InChI is InChI=1S/C17H23N3OS/c1-21-13-16-18-17(22-19-16)20-12-6-5-9-15(20)11-10-14-7-3-2-4-8-14/h2-4,7-8,15H,5-6,9-13H2,1H3. The van der Waals surface area contributed by atoms with Crippen molar-refractivity contribution in [2.75, 3.05) is 18.6 Å². The number of aryl methyl sites for hydroxylation is 1. The van der Waals surface area contributed by atoms with E-state index in [9.17, 15) is 0 Å². The third-order valence-corrected chi connectivity index (χ3v) is 5.00. The van der Waals surface area contributed by atoms with Crippen molar-refractivity contribution in [3.63, 3.8) is 0 Å². The maximum Gasteiger partial charge on any atom is 0.205 e. The van der Waals surface area contributed by atoms with E-state index in [4.69, 9.17) is 4.74 Å². The minimum Gasteiger partial charge on any atom is -0.377 e. The quantitative estimate of drug-likeness (QED) is 0.814. The molecule has 1 saturated heterocycles. The van der Waals surface area contributed by atoms with Crippen molar-refractivity contribution in [2.45, 2.75) is 44.8 Å². The highest BCUT2D eigenvalue weighted by Crippen LogP contribution is 2.28. The Hall–Kier alpha value is -1.46. The summed E-state index contributed by atoms with van der Waals surface area (Å²) in [5, 5.41) is 1.06. The van der Waals surface area contributed by atoms with Crippen molar-refractivity contribution >= 4 is 16.7 Å². The summed E-state index contributed by atoms with van der Waals surface area (Å²) >= 11 is 1.51. The van der Waals surface area contributed by atoms with Gasteiger partial charge in [-0.1, -0.05) is 30.3 Å². The molecule has 22 heavy (non-hydrogen) atoms. The zero-order chi connectivity index (χ0) is 15.2. The molecule has 1 aliphatic heterocycles. The number of anilines is 1. The molecule has 3 rings (SSSR count). The average molecular weight is 317 g/mol. The number of methoxy groups -OCH3 is 1. The van der Waals surface area contributed by atoms with Crippen LogP contribution in [0.1, 0.15) is 37.1 Å². The number of ether oxygens (including phenoxy) is 1. The van der Waals surface area contributed by atoms with Crippen molar-refractivity contribution in [1.29, 1.82) is 0 Å². The third-order valence-electron chi connectivity index (χ3n) is 4.21. The van der Waals surface area contributed by atoms with Crippen molar-refractivity contribution in [2.24, 2.45) is 0 Å². The number of rotatable bonds is 6. The maximum absolute atomic E-state index is 5.12. The molecule has 0 bridgehead atoms. The van der Waals surface area contributed by atoms with Crippen LogP contribution in [0.3, 0.4) is 0 Å². The summed E-state index contributed by atoms with van der Waals surface area (Å²) in [6, 6.07) is 11.3. The molecule has 0 spiro atoms. The van der Waals surface area contributed by atoms with E-state index in [-0.39, 0.29) is 0 Å². The van der Waals surface area contributed by atoms with Crippen LogP contribution >= 0.6 is 11.5 Å². The third kappa shape index (κ3) is 3.84. The number of hydrogen-bond acceptors (Lipinski definition) is 5. The Morgan fingerprint density at radius 2 is 2.14 bits per heavy atom. The average Bonchev–Trinajstić information content (AvgIpc) is 3.03. The molecule has 1 aromatic carbocycles. The predicted molar refractivity (Wildman–Crippen MR) is 90.4 cm³/mol. The maximum atomic E-state index is 5.12. The van der Waals surface area contributed by atoms with Gasteiger partial charge in [0, 0.05) is 31.2 Å². The highest BCUT2D eigenvalue weighted by Gasteiger charge is 2.25. The van der Waals surface area contributed by atoms with Crippen LogP contribution < -0.4 is 4.90 Å². The van der Waals surface area contributed by atoms with E-state index >= 15 is 0 Å². The normalized spacial score (nSPS) is 18.6. The van der Waals surface area contributed by atoms with E-state index in [1.54, 1.807) is 7.11 Å². The summed E-state index contributed by atoms with van der Waals surface area (Å²) in [5.74, 6) is 0.801. The van der Waals surface area contributed by atoms with Crippen LogP contribution in [-0.2, 0) is 17.8 Å². The monoisotopic (exact) mass is 317 g/mol. The van der Waals surface area contributed by atoms with Gasteiger partial charge in [0.2, 0.25) is 5.13 Å². The largest absolute Gasteiger partial charge is 0.377 e. The zero-order valence-corrected chi connectivity index (χ0v) is 13.9. The van der Waals surface area contributed by atoms with E-state index in [1.165, 1.54) is 42.8 Å². The van der Waals surface area contributed by atoms with Gasteiger partial charge in [0.15, 0.2) is 5.82 Å². The fourth-order valence-electron chi connectivity index (χ4n) is 3.08. The van der Waals surface area contributed by atoms with Crippen LogP contribution in [0.15, 0.2) is 30.3 Å². The van der Waals surface area contributed by atoms with E-state index in [0.717, 1.165) is 23.9 Å². The second kappa shape index (κ2) is 7.70. The summed E-state index contributed by atoms with van der Waals surface area (Å²) in [6.45, 7) is 1.60. The Bertz CT molecular complexity index is 572. The first-order valence-corrected chi connectivity index (χ1v) is 8.76. The molecule has 118 valence electrons. The molecule has 1 aliphatic rings. The van der Waals surface area contributed by atoms with Crippen LogP contribution in [0.5, 0.6) is 0 Å². The van der Waals surface area contributed by atoms with E-state index < -0.39 is 0 Å². The molecule has 5 heteroatoms. The van der Waals surface area contributed by atoms with Crippen molar-refractivity contribution < 1.29 is 4.74 Å². The number of nitrogens with zero attached hydrogens (tertiary/aromatic N) is 3. The molecule has 1 fully saturated rings. The summed E-state index contributed by atoms with van der Waals surface area (Å²) < 4.78 is 9.52. The first-order valence-electron chi connectivity index (χ1n) is 7.99. The van der Waals surface area contributed by atoms with Gasteiger partial charge >= 0.3 is 0 Å². The fraction of sp³-hybridized carbons (Fsp3) is 0.529. The molecule has 0 N–H and O–H groups in total. The molecule has 1 aromatic heterocycles. The van der Waals surface area contributed by atoms with E-state index in [1.807, 2.05) is 0 Å². The number of piperidine rings is 1. The first kappa shape index (κ1) is 15.4. The van der Waals surface area contributed by atoms with Gasteiger partial charge in [0.05, 0.1) is 0 Å². The number of benzene rings is 1. The van der Waals surface area contributed by atoms with Crippen LogP contribution in [0, 0.1) is 0 Å². The van der Waals surface area contributed by atoms with Gasteiger partial charge in [-0.3, -0.25) is 0 Å². The molecule has 0 aliphatic carbocycles. The van der Waals surface area contributed by atoms with E-state index in [2.05, 4.69) is 44.6 Å². The summed E-state index contributed by atoms with van der Waals surface area (Å²) in [5.41, 5.74) is 1.42. The highest BCUT2D eigenvalue weighted by atomic mass is 32.1. The molecular formula is C17H23N3OS. The van der Waals surface area contributed by atoms with Crippen LogP contribution in [0.2, 0.25) is 0 Å². The minimum atomic E-state index is 0.499. The Morgan fingerprint density at radius 1 is 1.27 bits per heavy atom. The van der Waals surface area contributed by atoms with Gasteiger partial charge in [-0.15, -0.1) is 0 Å². The Morgan fingerprint density at radius 3 is 2.95 bits per heavy atom. The molecule has 1 unspecified atom stereocenters. The topological polar surface area (TPSA) is 38.2 Å². The molecule has 2 heterocycles. The summed E-state index contributed by atoms with van der Waals surface area (Å²) in [4.78, 5) is 7.10. The Labute approximate surface area is 136 Å². The second-order valence-corrected chi connectivity index (χ2v) is 6.52. The molecule has 2 aromatic rings. The fourth-order valence-corrected chi connectivity index (χ4v) is 3.85. The van der Waals surface area contributed by atoms with Crippen LogP contribution in [0.25, 0.3) is 0 Å². The lowest BCUT2D eigenvalue weighted by Gasteiger charge is -2.35. The van der Waals surface area contributed by atoms with Gasteiger partial charge in [0.1, 0.15) is 6.61 Å². The molecule has 0 amide bonds. The van der Waals surface area contributed by atoms with Gasteiger partial charge < -0.3 is 9.64 Å². The lowest BCUT2D eigenvalue weighted by atomic mass is 9.96. The molecule has 0 saturated carbocycles. The number of aromatic nitrogens is 2. The summed E-state index contributed by atoms with van der Waals surface area (Å²) in [6.07, 6.45) is 6.14. The van der Waals surface area contributed by atoms with Crippen molar-refractivity contribution in [1.82, 2.24) is 9.36 Å². The zero-order valence-electron chi connectivity index (χ0n) is 13.1. The van der Waals surface area contributed by atoms with Crippen molar-refractivity contribution in [3.8, 4) is 0 Å². The second-order valence-electron chi connectivity index (χ2n) is 5.79. The first-order chi connectivity index (χ1) is 10.9. The Balaban J connectivity index is 1.65. The molecule has 0 radical (unpaired) electrons. The van der Waals surface area contributed by atoms with Crippen LogP contribution in [-0.4, -0.2) is 29.1 Å². The minimum absolute atomic E-state index is 0.499. The lowest BCUT2D eigenvalue weighted by molar-refractivity contribution is 0.179. The lowest BCUT2D eigenvalue weighted by Crippen LogP contribution is -2.39. The molecule has 1 atom stereocenters. The van der Waals surface area contributed by atoms with Gasteiger partial charge in [0.25, 0.3) is 0 Å². The van der Waals surface area contributed by atoms with E-state index in [0.29, 0.717) is 12.6 Å². The highest BCUT2D eigenvalue weighted by molar-refractivity contribution is 7.09. The van der Waals surface area contributed by atoms with Gasteiger partial charge in [-0.25, -0.2) is 4.98 Å². The van der Waals surface area contributed by atoms with Gasteiger partial charge in [-0.05, 0) is 37.7 Å².